The summed E-state index contributed by atoms with van der Waals surface area (Å²) in [4.78, 5) is 26.2. The van der Waals surface area contributed by atoms with Gasteiger partial charge in [0, 0.05) is 51.0 Å². The van der Waals surface area contributed by atoms with Gasteiger partial charge in [-0.25, -0.2) is 9.97 Å². The standard InChI is InChI=1S/C18H26N4O2/c1-24-10-9-21-7-2-5-18(17(21)23)6-8-22(12-18)16-11-15(14-3-4-14)19-13-20-16/h11,13-14H,2-10,12H2,1H3. The summed E-state index contributed by atoms with van der Waals surface area (Å²) in [5, 5.41) is 0. The fourth-order valence-corrected chi connectivity index (χ4v) is 4.15. The lowest BCUT2D eigenvalue weighted by Crippen LogP contribution is -2.51. The number of carbonyl (C=O) groups is 1. The summed E-state index contributed by atoms with van der Waals surface area (Å²) in [5.74, 6) is 1.93. The minimum atomic E-state index is -0.226. The predicted octanol–water partition coefficient (Wildman–Crippen LogP) is 1.82. The van der Waals surface area contributed by atoms with Crippen molar-refractivity contribution in [1.82, 2.24) is 14.9 Å². The molecule has 0 bridgehead atoms. The molecule has 130 valence electrons. The number of piperidine rings is 1. The van der Waals surface area contributed by atoms with Crippen molar-refractivity contribution in [3.8, 4) is 0 Å². The minimum Gasteiger partial charge on any atom is -0.383 e. The van der Waals surface area contributed by atoms with Gasteiger partial charge in [-0.1, -0.05) is 0 Å². The predicted molar refractivity (Wildman–Crippen MR) is 91.0 cm³/mol. The lowest BCUT2D eigenvalue weighted by molar-refractivity contribution is -0.145. The van der Waals surface area contributed by atoms with E-state index in [2.05, 4.69) is 20.9 Å². The molecule has 1 atom stereocenters. The Bertz CT molecular complexity index is 619. The third-order valence-corrected chi connectivity index (χ3v) is 5.74. The topological polar surface area (TPSA) is 58.6 Å². The first kappa shape index (κ1) is 15.8. The van der Waals surface area contributed by atoms with E-state index in [1.165, 1.54) is 12.8 Å². The Hall–Kier alpha value is -1.69. The Kier molecular flexibility index (Phi) is 4.16. The molecule has 0 radical (unpaired) electrons. The number of hydrogen-bond acceptors (Lipinski definition) is 5. The number of anilines is 1. The molecular formula is C18H26N4O2. The van der Waals surface area contributed by atoms with E-state index in [9.17, 15) is 4.79 Å². The van der Waals surface area contributed by atoms with Gasteiger partial charge in [-0.15, -0.1) is 0 Å². The Labute approximate surface area is 143 Å². The number of nitrogens with zero attached hydrogens (tertiary/aromatic N) is 4. The van der Waals surface area contributed by atoms with Crippen molar-refractivity contribution in [2.45, 2.75) is 38.0 Å². The van der Waals surface area contributed by atoms with Gasteiger partial charge in [0.15, 0.2) is 0 Å². The number of aromatic nitrogens is 2. The number of rotatable bonds is 5. The average molecular weight is 330 g/mol. The number of likely N-dealkylation sites (tertiary alicyclic amines) is 1. The lowest BCUT2D eigenvalue weighted by Gasteiger charge is -2.39. The summed E-state index contributed by atoms with van der Waals surface area (Å²) in [6.07, 6.45) is 7.17. The third kappa shape index (κ3) is 2.88. The van der Waals surface area contributed by atoms with Gasteiger partial charge >= 0.3 is 0 Å². The van der Waals surface area contributed by atoms with Gasteiger partial charge in [0.2, 0.25) is 5.91 Å². The normalized spacial score (nSPS) is 27.3. The van der Waals surface area contributed by atoms with Gasteiger partial charge in [0.25, 0.3) is 0 Å². The van der Waals surface area contributed by atoms with Crippen LogP contribution in [0.4, 0.5) is 5.82 Å². The van der Waals surface area contributed by atoms with E-state index in [4.69, 9.17) is 4.74 Å². The van der Waals surface area contributed by atoms with Gasteiger partial charge in [0.1, 0.15) is 12.1 Å². The Morgan fingerprint density at radius 2 is 2.17 bits per heavy atom. The minimum absolute atomic E-state index is 0.226. The van der Waals surface area contributed by atoms with Crippen LogP contribution in [0.5, 0.6) is 0 Å². The van der Waals surface area contributed by atoms with Crippen molar-refractivity contribution >= 4 is 11.7 Å². The highest BCUT2D eigenvalue weighted by atomic mass is 16.5. The largest absolute Gasteiger partial charge is 0.383 e. The molecule has 3 aliphatic rings. The second-order valence-corrected chi connectivity index (χ2v) is 7.42. The zero-order valence-corrected chi connectivity index (χ0v) is 14.4. The maximum Gasteiger partial charge on any atom is 0.230 e. The second kappa shape index (κ2) is 6.31. The van der Waals surface area contributed by atoms with Gasteiger partial charge in [-0.05, 0) is 32.1 Å². The molecular weight excluding hydrogens is 304 g/mol. The molecule has 24 heavy (non-hydrogen) atoms. The number of amides is 1. The third-order valence-electron chi connectivity index (χ3n) is 5.74. The summed E-state index contributed by atoms with van der Waals surface area (Å²) >= 11 is 0. The van der Waals surface area contributed by atoms with Crippen molar-refractivity contribution in [3.63, 3.8) is 0 Å². The molecule has 2 aliphatic heterocycles. The monoisotopic (exact) mass is 330 g/mol. The van der Waals surface area contributed by atoms with Crippen LogP contribution in [0, 0.1) is 5.41 Å². The molecule has 1 saturated carbocycles. The van der Waals surface area contributed by atoms with E-state index >= 15 is 0 Å². The first-order valence-corrected chi connectivity index (χ1v) is 9.07. The Balaban J connectivity index is 1.48. The zero-order chi connectivity index (χ0) is 16.6. The summed E-state index contributed by atoms with van der Waals surface area (Å²) in [6.45, 7) is 3.88. The molecule has 0 aromatic carbocycles. The number of hydrogen-bond donors (Lipinski definition) is 0. The van der Waals surface area contributed by atoms with Gasteiger partial charge in [0.05, 0.1) is 12.0 Å². The number of ether oxygens (including phenoxy) is 1. The van der Waals surface area contributed by atoms with E-state index in [1.54, 1.807) is 13.4 Å². The first-order valence-electron chi connectivity index (χ1n) is 9.07. The van der Waals surface area contributed by atoms with Crippen molar-refractivity contribution in [2.75, 3.05) is 44.8 Å². The van der Waals surface area contributed by atoms with Crippen LogP contribution in [0.3, 0.4) is 0 Å². The molecule has 0 N–H and O–H groups in total. The lowest BCUT2D eigenvalue weighted by atomic mass is 9.78. The van der Waals surface area contributed by atoms with E-state index in [1.807, 2.05) is 4.90 Å². The molecule has 3 heterocycles. The van der Waals surface area contributed by atoms with Crippen LogP contribution in [0.25, 0.3) is 0 Å². The maximum absolute atomic E-state index is 13.0. The number of methoxy groups -OCH3 is 1. The molecule has 2 saturated heterocycles. The summed E-state index contributed by atoms with van der Waals surface area (Å²) in [6, 6.07) is 2.13. The fourth-order valence-electron chi connectivity index (χ4n) is 4.15. The van der Waals surface area contributed by atoms with Gasteiger partial charge in [-0.2, -0.15) is 0 Å². The van der Waals surface area contributed by atoms with E-state index < -0.39 is 0 Å². The molecule has 6 nitrogen and oxygen atoms in total. The van der Waals surface area contributed by atoms with Crippen molar-refractivity contribution < 1.29 is 9.53 Å². The Morgan fingerprint density at radius 1 is 1.29 bits per heavy atom. The second-order valence-electron chi connectivity index (χ2n) is 7.42. The molecule has 1 aromatic heterocycles. The fraction of sp³-hybridized carbons (Fsp3) is 0.722. The van der Waals surface area contributed by atoms with Crippen LogP contribution >= 0.6 is 0 Å². The summed E-state index contributed by atoms with van der Waals surface area (Å²) in [7, 11) is 1.69. The van der Waals surface area contributed by atoms with Crippen LogP contribution < -0.4 is 4.90 Å². The van der Waals surface area contributed by atoms with Crippen LogP contribution in [0.1, 0.15) is 43.7 Å². The smallest absolute Gasteiger partial charge is 0.230 e. The van der Waals surface area contributed by atoms with Crippen molar-refractivity contribution in [3.05, 3.63) is 18.1 Å². The zero-order valence-electron chi connectivity index (χ0n) is 14.4. The quantitative estimate of drug-likeness (QED) is 0.824. The Morgan fingerprint density at radius 3 is 2.96 bits per heavy atom. The summed E-state index contributed by atoms with van der Waals surface area (Å²) in [5.41, 5.74) is 0.939. The van der Waals surface area contributed by atoms with Crippen LogP contribution in [0.2, 0.25) is 0 Å². The highest BCUT2D eigenvalue weighted by Gasteiger charge is 2.48. The molecule has 1 unspecified atom stereocenters. The van der Waals surface area contributed by atoms with Crippen molar-refractivity contribution in [2.24, 2.45) is 5.41 Å². The molecule has 1 aromatic rings. The summed E-state index contributed by atoms with van der Waals surface area (Å²) < 4.78 is 5.15. The molecule has 1 amide bonds. The number of carbonyl (C=O) groups excluding carboxylic acids is 1. The molecule has 3 fully saturated rings. The highest BCUT2D eigenvalue weighted by molar-refractivity contribution is 5.85. The molecule has 1 spiro atoms. The van der Waals surface area contributed by atoms with Crippen LogP contribution in [-0.2, 0) is 9.53 Å². The van der Waals surface area contributed by atoms with Crippen molar-refractivity contribution in [1.29, 1.82) is 0 Å². The maximum atomic E-state index is 13.0. The van der Waals surface area contributed by atoms with E-state index in [-0.39, 0.29) is 5.41 Å². The van der Waals surface area contributed by atoms with Crippen LogP contribution in [-0.4, -0.2) is 60.7 Å². The van der Waals surface area contributed by atoms with E-state index in [0.717, 1.165) is 50.4 Å². The molecule has 4 rings (SSSR count). The van der Waals surface area contributed by atoms with Crippen LogP contribution in [0.15, 0.2) is 12.4 Å². The highest BCUT2D eigenvalue weighted by Crippen LogP contribution is 2.43. The average Bonchev–Trinajstić information content (AvgIpc) is 3.38. The van der Waals surface area contributed by atoms with Gasteiger partial charge in [-0.3, -0.25) is 4.79 Å². The first-order chi connectivity index (χ1) is 11.7. The molecule has 1 aliphatic carbocycles. The van der Waals surface area contributed by atoms with Gasteiger partial charge < -0.3 is 14.5 Å². The molecule has 6 heteroatoms. The SMILES string of the molecule is COCCN1CCCC2(CCN(c3cc(C4CC4)ncn3)C2)C1=O. The van der Waals surface area contributed by atoms with E-state index in [0.29, 0.717) is 25.0 Å².